The molecule has 2 atom stereocenters. The Morgan fingerprint density at radius 2 is 1.74 bits per heavy atom. The summed E-state index contributed by atoms with van der Waals surface area (Å²) in [5.74, 6) is 0.442. The van der Waals surface area contributed by atoms with E-state index in [0.29, 0.717) is 18.4 Å². The van der Waals surface area contributed by atoms with Crippen LogP contribution in [0.3, 0.4) is 0 Å². The summed E-state index contributed by atoms with van der Waals surface area (Å²) < 4.78 is 0. The summed E-state index contributed by atoms with van der Waals surface area (Å²) in [5, 5.41) is 12.4. The van der Waals surface area contributed by atoms with Gasteiger partial charge in [0.1, 0.15) is 6.04 Å². The van der Waals surface area contributed by atoms with Gasteiger partial charge >= 0.3 is 12.0 Å². The van der Waals surface area contributed by atoms with Crippen molar-refractivity contribution in [3.63, 3.8) is 0 Å². The fraction of sp³-hybridized carbons (Fsp3) is 0.857. The third-order valence-corrected chi connectivity index (χ3v) is 4.76. The van der Waals surface area contributed by atoms with E-state index in [4.69, 9.17) is 0 Å². The quantitative estimate of drug-likeness (QED) is 0.813. The molecule has 1 heterocycles. The highest BCUT2D eigenvalue weighted by Gasteiger charge is 2.45. The minimum atomic E-state index is -0.880. The first-order chi connectivity index (χ1) is 9.08. The molecule has 3 rings (SSSR count). The molecule has 0 bridgehead atoms. The number of rotatable bonds is 4. The maximum Gasteiger partial charge on any atom is 0.326 e. The summed E-state index contributed by atoms with van der Waals surface area (Å²) in [5.41, 5.74) is 0. The van der Waals surface area contributed by atoms with Gasteiger partial charge in [-0.1, -0.05) is 6.92 Å². The minimum absolute atomic E-state index is 0.0450. The number of aliphatic carboxylic acids is 1. The number of carbonyl (C=O) groups excluding carboxylic acids is 1. The Morgan fingerprint density at radius 3 is 2.21 bits per heavy atom. The molecule has 2 unspecified atom stereocenters. The predicted molar refractivity (Wildman–Crippen MR) is 69.7 cm³/mol. The molecule has 5 nitrogen and oxygen atoms in total. The molecular weight excluding hydrogens is 244 g/mol. The van der Waals surface area contributed by atoms with Crippen LogP contribution in [0.5, 0.6) is 0 Å². The lowest BCUT2D eigenvalue weighted by atomic mass is 10.0. The lowest BCUT2D eigenvalue weighted by Gasteiger charge is -2.27. The Labute approximate surface area is 113 Å². The maximum atomic E-state index is 12.3. The number of carbonyl (C=O) groups is 2. The van der Waals surface area contributed by atoms with Gasteiger partial charge in [-0.25, -0.2) is 9.59 Å². The summed E-state index contributed by atoms with van der Waals surface area (Å²) in [7, 11) is 0. The van der Waals surface area contributed by atoms with Crippen LogP contribution in [-0.4, -0.2) is 40.6 Å². The molecule has 5 heteroatoms. The zero-order chi connectivity index (χ0) is 13.6. The second kappa shape index (κ2) is 4.69. The van der Waals surface area contributed by atoms with Gasteiger partial charge in [-0.2, -0.15) is 0 Å². The second-order valence-corrected chi connectivity index (χ2v) is 6.39. The third kappa shape index (κ3) is 2.55. The molecule has 2 N–H and O–H groups in total. The molecule has 0 aromatic carbocycles. The first-order valence-electron chi connectivity index (χ1n) is 7.38. The number of carboxylic acid groups (broad SMARTS) is 1. The van der Waals surface area contributed by atoms with E-state index in [1.165, 1.54) is 30.6 Å². The van der Waals surface area contributed by atoms with Gasteiger partial charge in [-0.15, -0.1) is 0 Å². The molecule has 106 valence electrons. The van der Waals surface area contributed by atoms with Gasteiger partial charge in [0.25, 0.3) is 0 Å². The number of nitrogens with one attached hydrogen (secondary N) is 1. The molecule has 19 heavy (non-hydrogen) atoms. The van der Waals surface area contributed by atoms with Crippen LogP contribution >= 0.6 is 0 Å². The van der Waals surface area contributed by atoms with E-state index >= 15 is 0 Å². The second-order valence-electron chi connectivity index (χ2n) is 6.39. The number of likely N-dealkylation sites (tertiary alicyclic amines) is 1. The van der Waals surface area contributed by atoms with Crippen LogP contribution < -0.4 is 5.32 Å². The lowest BCUT2D eigenvalue weighted by Crippen LogP contribution is -2.51. The average molecular weight is 266 g/mol. The molecule has 2 saturated carbocycles. The minimum Gasteiger partial charge on any atom is -0.480 e. The molecule has 0 aromatic rings. The van der Waals surface area contributed by atoms with Crippen LogP contribution in [0.4, 0.5) is 4.79 Å². The van der Waals surface area contributed by atoms with Gasteiger partial charge in [0, 0.05) is 12.6 Å². The van der Waals surface area contributed by atoms with E-state index in [-0.39, 0.29) is 18.0 Å². The van der Waals surface area contributed by atoms with Gasteiger partial charge in [-0.3, -0.25) is 0 Å². The van der Waals surface area contributed by atoms with Crippen molar-refractivity contribution in [2.24, 2.45) is 17.8 Å². The number of hydrogen-bond donors (Lipinski definition) is 2. The van der Waals surface area contributed by atoms with E-state index < -0.39 is 12.0 Å². The Morgan fingerprint density at radius 1 is 1.16 bits per heavy atom. The van der Waals surface area contributed by atoms with Crippen LogP contribution in [0.2, 0.25) is 0 Å². The van der Waals surface area contributed by atoms with Crippen LogP contribution in [-0.2, 0) is 4.79 Å². The zero-order valence-electron chi connectivity index (χ0n) is 11.3. The summed E-state index contributed by atoms with van der Waals surface area (Å²) in [4.78, 5) is 25.1. The molecule has 1 aliphatic heterocycles. The zero-order valence-corrected chi connectivity index (χ0v) is 11.3. The van der Waals surface area contributed by atoms with E-state index in [1.54, 1.807) is 0 Å². The van der Waals surface area contributed by atoms with Gasteiger partial charge in [0.2, 0.25) is 0 Å². The predicted octanol–water partition coefficient (Wildman–Crippen LogP) is 1.68. The van der Waals surface area contributed by atoms with Crippen molar-refractivity contribution in [1.29, 1.82) is 0 Å². The van der Waals surface area contributed by atoms with Crippen molar-refractivity contribution >= 4 is 12.0 Å². The summed E-state index contributed by atoms with van der Waals surface area (Å²) in [6.07, 6.45) is 5.61. The highest BCUT2D eigenvalue weighted by molar-refractivity contribution is 5.83. The molecule has 0 spiro atoms. The normalized spacial score (nSPS) is 30.7. The Bertz CT molecular complexity index is 378. The highest BCUT2D eigenvalue weighted by atomic mass is 16.4. The molecule has 3 aliphatic rings. The standard InChI is InChI=1S/C14H22N2O3/c1-8-6-7-16(12(8)13(17)18)14(19)15-11(9-2-3-9)10-4-5-10/h8-12H,2-7H2,1H3,(H,15,19)(H,17,18). The first kappa shape index (κ1) is 12.8. The van der Waals surface area contributed by atoms with Crippen molar-refractivity contribution in [1.82, 2.24) is 10.2 Å². The molecule has 3 fully saturated rings. The van der Waals surface area contributed by atoms with Crippen LogP contribution in [0.1, 0.15) is 39.0 Å². The van der Waals surface area contributed by atoms with Gasteiger partial charge in [0.15, 0.2) is 0 Å². The Balaban J connectivity index is 1.64. The highest BCUT2D eigenvalue weighted by Crippen LogP contribution is 2.44. The van der Waals surface area contributed by atoms with E-state index in [9.17, 15) is 14.7 Å². The van der Waals surface area contributed by atoms with Crippen molar-refractivity contribution in [3.8, 4) is 0 Å². The molecule has 1 saturated heterocycles. The number of amides is 2. The monoisotopic (exact) mass is 266 g/mol. The maximum absolute atomic E-state index is 12.3. The number of hydrogen-bond acceptors (Lipinski definition) is 2. The topological polar surface area (TPSA) is 69.6 Å². The molecule has 2 aliphatic carbocycles. The van der Waals surface area contributed by atoms with Gasteiger partial charge in [-0.05, 0) is 49.9 Å². The van der Waals surface area contributed by atoms with Crippen LogP contribution in [0.25, 0.3) is 0 Å². The van der Waals surface area contributed by atoms with Crippen molar-refractivity contribution in [3.05, 3.63) is 0 Å². The Kier molecular flexibility index (Phi) is 3.15. The first-order valence-corrected chi connectivity index (χ1v) is 7.38. The summed E-state index contributed by atoms with van der Waals surface area (Å²) in [6, 6.07) is -0.530. The van der Waals surface area contributed by atoms with Crippen molar-refractivity contribution in [2.75, 3.05) is 6.54 Å². The number of nitrogens with zero attached hydrogens (tertiary/aromatic N) is 1. The fourth-order valence-corrected chi connectivity index (χ4v) is 3.31. The smallest absolute Gasteiger partial charge is 0.326 e. The third-order valence-electron chi connectivity index (χ3n) is 4.76. The molecule has 0 radical (unpaired) electrons. The van der Waals surface area contributed by atoms with E-state index in [1.807, 2.05) is 6.92 Å². The summed E-state index contributed by atoms with van der Waals surface area (Å²) >= 11 is 0. The lowest BCUT2D eigenvalue weighted by molar-refractivity contribution is -0.142. The van der Waals surface area contributed by atoms with Gasteiger partial charge in [0.05, 0.1) is 0 Å². The average Bonchev–Trinajstić information content (AvgIpc) is 3.23. The SMILES string of the molecule is CC1CCN(C(=O)NC(C2CC2)C2CC2)C1C(=O)O. The fourth-order valence-electron chi connectivity index (χ4n) is 3.31. The van der Waals surface area contributed by atoms with Crippen LogP contribution in [0, 0.1) is 17.8 Å². The van der Waals surface area contributed by atoms with Crippen LogP contribution in [0.15, 0.2) is 0 Å². The number of urea groups is 1. The van der Waals surface area contributed by atoms with Crippen molar-refractivity contribution < 1.29 is 14.7 Å². The van der Waals surface area contributed by atoms with Crippen molar-refractivity contribution in [2.45, 2.75) is 51.1 Å². The largest absolute Gasteiger partial charge is 0.480 e. The van der Waals surface area contributed by atoms with Gasteiger partial charge < -0.3 is 15.3 Å². The number of carboxylic acids is 1. The molecular formula is C14H22N2O3. The molecule has 0 aromatic heterocycles. The van der Waals surface area contributed by atoms with E-state index in [2.05, 4.69) is 5.32 Å². The van der Waals surface area contributed by atoms with E-state index in [0.717, 1.165) is 6.42 Å². The summed E-state index contributed by atoms with van der Waals surface area (Å²) in [6.45, 7) is 2.47. The molecule has 2 amide bonds. The Hall–Kier alpha value is -1.26.